The first-order valence-electron chi connectivity index (χ1n) is 2.68. The second-order valence-corrected chi connectivity index (χ2v) is 4.04. The van der Waals surface area contributed by atoms with Gasteiger partial charge in [-0.15, -0.1) is 0 Å². The van der Waals surface area contributed by atoms with E-state index in [1.807, 2.05) is 0 Å². The van der Waals surface area contributed by atoms with Gasteiger partial charge in [0.05, 0.1) is 6.26 Å². The van der Waals surface area contributed by atoms with Gasteiger partial charge < -0.3 is 0 Å². The lowest BCUT2D eigenvalue weighted by molar-refractivity contribution is -0.651. The Labute approximate surface area is 59.1 Å². The first-order valence-corrected chi connectivity index (χ1v) is 4.57. The highest BCUT2D eigenvalue weighted by atomic mass is 32.2. The first-order chi connectivity index (χ1) is 4.61. The Bertz CT molecular complexity index is 266. The molecule has 0 bridgehead atoms. The molecule has 56 valence electrons. The van der Waals surface area contributed by atoms with E-state index < -0.39 is 10.0 Å². The topological polar surface area (TPSA) is 63.3 Å². The highest BCUT2D eigenvalue weighted by molar-refractivity contribution is 7.84. The van der Waals surface area contributed by atoms with Crippen molar-refractivity contribution in [1.29, 1.82) is 0 Å². The minimum atomic E-state index is -3.07. The second-order valence-electron chi connectivity index (χ2n) is 1.97. The quantitative estimate of drug-likeness (QED) is 0.478. The molecule has 0 fully saturated rings. The molecule has 0 saturated heterocycles. The van der Waals surface area contributed by atoms with E-state index in [0.29, 0.717) is 0 Å². The molecule has 1 aliphatic heterocycles. The minimum Gasteiger partial charge on any atom is -0.217 e. The lowest BCUT2D eigenvalue weighted by Crippen LogP contribution is -3.13. The van der Waals surface area contributed by atoms with Gasteiger partial charge in [0.15, 0.2) is 6.67 Å². The van der Waals surface area contributed by atoms with Crippen molar-refractivity contribution in [3.63, 3.8) is 0 Å². The lowest BCUT2D eigenvalue weighted by Gasteiger charge is -2.08. The van der Waals surface area contributed by atoms with Gasteiger partial charge >= 0.3 is 0 Å². The number of quaternary nitrogens is 1. The fourth-order valence-corrected chi connectivity index (χ4v) is 1.11. The third kappa shape index (κ3) is 1.61. The Balaban J connectivity index is 2.79. The molecule has 0 aliphatic carbocycles. The van der Waals surface area contributed by atoms with Gasteiger partial charge in [-0.3, -0.25) is 0 Å². The van der Waals surface area contributed by atoms with Crippen LogP contribution in [-0.4, -0.2) is 34.0 Å². The van der Waals surface area contributed by atoms with Crippen LogP contribution >= 0.6 is 0 Å². The summed E-state index contributed by atoms with van der Waals surface area (Å²) in [5.74, 6) is 0. The molecule has 0 aromatic heterocycles. The zero-order chi connectivity index (χ0) is 7.61. The third-order valence-corrected chi connectivity index (χ3v) is 2.28. The Morgan fingerprint density at radius 2 is 2.30 bits per heavy atom. The van der Waals surface area contributed by atoms with Crippen LogP contribution in [0.1, 0.15) is 0 Å². The molecule has 1 unspecified atom stereocenters. The highest BCUT2D eigenvalue weighted by Crippen LogP contribution is 1.69. The smallest absolute Gasteiger partial charge is 0.217 e. The van der Waals surface area contributed by atoms with E-state index in [9.17, 15) is 8.42 Å². The van der Waals surface area contributed by atoms with Crippen LogP contribution in [0.3, 0.4) is 0 Å². The van der Waals surface area contributed by atoms with Gasteiger partial charge in [0, 0.05) is 0 Å². The molecule has 0 amide bonds. The average Bonchev–Trinajstić information content (AvgIpc) is 1.88. The van der Waals surface area contributed by atoms with Crippen LogP contribution in [0.15, 0.2) is 9.98 Å². The van der Waals surface area contributed by atoms with Crippen molar-refractivity contribution in [2.75, 3.05) is 12.9 Å². The van der Waals surface area contributed by atoms with Crippen molar-refractivity contribution < 1.29 is 12.7 Å². The highest BCUT2D eigenvalue weighted by Gasteiger charge is 2.18. The normalized spacial score (nSPS) is 25.1. The number of nitrogens with one attached hydrogen (secondary N) is 1. The summed E-state index contributed by atoms with van der Waals surface area (Å²) >= 11 is 0. The summed E-state index contributed by atoms with van der Waals surface area (Å²) < 4.78 is 21.8. The zero-order valence-corrected chi connectivity index (χ0v) is 6.30. The van der Waals surface area contributed by atoms with Crippen molar-refractivity contribution in [1.82, 2.24) is 0 Å². The molecule has 1 aliphatic rings. The Morgan fingerprint density at radius 3 is 2.60 bits per heavy atom. The van der Waals surface area contributed by atoms with Gasteiger partial charge in [0.25, 0.3) is 10.0 Å². The Morgan fingerprint density at radius 1 is 1.60 bits per heavy atom. The van der Waals surface area contributed by atoms with Gasteiger partial charge in [-0.1, -0.05) is 0 Å². The number of hydrogen-bond donors (Lipinski definition) is 1. The maximum absolute atomic E-state index is 10.8. The maximum atomic E-state index is 10.8. The molecule has 0 spiro atoms. The van der Waals surface area contributed by atoms with Crippen LogP contribution in [0.4, 0.5) is 0 Å². The number of aliphatic imine (C=N–C) groups is 2. The summed E-state index contributed by atoms with van der Waals surface area (Å²) in [5.41, 5.74) is 0. The molecule has 1 heterocycles. The molecule has 0 aromatic rings. The molecule has 0 radical (unpaired) electrons. The molecular formula is C4H8N3O2S+. The molecule has 0 saturated carbocycles. The van der Waals surface area contributed by atoms with Crippen molar-refractivity contribution in [2.45, 2.75) is 0 Å². The second kappa shape index (κ2) is 2.47. The van der Waals surface area contributed by atoms with Crippen LogP contribution in [0, 0.1) is 0 Å². The summed E-state index contributed by atoms with van der Waals surface area (Å²) in [6, 6.07) is 0. The molecule has 5 nitrogen and oxygen atoms in total. The summed E-state index contributed by atoms with van der Waals surface area (Å²) in [4.78, 5) is 7.28. The van der Waals surface area contributed by atoms with Gasteiger partial charge in [-0.2, -0.15) is 17.7 Å². The van der Waals surface area contributed by atoms with E-state index in [1.54, 1.807) is 0 Å². The third-order valence-electron chi connectivity index (χ3n) is 1.09. The van der Waals surface area contributed by atoms with Crippen LogP contribution in [-0.2, 0) is 10.0 Å². The maximum Gasteiger partial charge on any atom is 0.299 e. The molecular weight excluding hydrogens is 154 g/mol. The van der Waals surface area contributed by atoms with E-state index in [1.165, 1.54) is 12.7 Å². The Hall–Kier alpha value is -0.750. The summed E-state index contributed by atoms with van der Waals surface area (Å²) in [5, 5.41) is 0. The summed E-state index contributed by atoms with van der Waals surface area (Å²) in [7, 11) is -3.07. The molecule has 6 heteroatoms. The van der Waals surface area contributed by atoms with Crippen LogP contribution in [0.2, 0.25) is 0 Å². The largest absolute Gasteiger partial charge is 0.299 e. The number of rotatable bonds is 1. The van der Waals surface area contributed by atoms with E-state index >= 15 is 0 Å². The number of nitrogens with zero attached hydrogens (tertiary/aromatic N) is 2. The van der Waals surface area contributed by atoms with Crippen molar-refractivity contribution in [3.8, 4) is 0 Å². The van der Waals surface area contributed by atoms with Gasteiger partial charge in [-0.25, -0.2) is 4.99 Å². The van der Waals surface area contributed by atoms with E-state index in [4.69, 9.17) is 0 Å². The van der Waals surface area contributed by atoms with E-state index in [0.717, 1.165) is 6.26 Å². The number of sulfonamides is 1. The van der Waals surface area contributed by atoms with Crippen molar-refractivity contribution in [2.24, 2.45) is 9.98 Å². The fourth-order valence-electron chi connectivity index (χ4n) is 0.548. The van der Waals surface area contributed by atoms with Gasteiger partial charge in [0.1, 0.15) is 6.34 Å². The molecule has 1 rings (SSSR count). The average molecular weight is 162 g/mol. The monoisotopic (exact) mass is 162 g/mol. The van der Waals surface area contributed by atoms with Gasteiger partial charge in [0.2, 0.25) is 6.34 Å². The van der Waals surface area contributed by atoms with Gasteiger partial charge in [-0.05, 0) is 0 Å². The standard InChI is InChI=1S/C4H7N3O2S/c1-10(8,9)7-3-5-2-6-4-7/h2-3H,4H2,1H3/p+1. The molecule has 0 aromatic carbocycles. The summed E-state index contributed by atoms with van der Waals surface area (Å²) in [6.45, 7) is 0.225. The molecule has 10 heavy (non-hydrogen) atoms. The van der Waals surface area contributed by atoms with Crippen LogP contribution < -0.4 is 4.31 Å². The number of hydrogen-bond acceptors (Lipinski definition) is 4. The van der Waals surface area contributed by atoms with E-state index in [2.05, 4.69) is 9.98 Å². The fraction of sp³-hybridized carbons (Fsp3) is 0.500. The van der Waals surface area contributed by atoms with E-state index in [-0.39, 0.29) is 11.0 Å². The van der Waals surface area contributed by atoms with Crippen molar-refractivity contribution >= 4 is 22.7 Å². The zero-order valence-electron chi connectivity index (χ0n) is 5.48. The molecule has 1 atom stereocenters. The minimum absolute atomic E-state index is 0.225. The Kier molecular flexibility index (Phi) is 1.82. The SMILES string of the molecule is CS(=O)(=O)[NH+]1C=NC=NC1. The summed E-state index contributed by atoms with van der Waals surface area (Å²) in [6.07, 6.45) is 3.81. The lowest BCUT2D eigenvalue weighted by atomic mass is 10.9. The van der Waals surface area contributed by atoms with Crippen LogP contribution in [0.25, 0.3) is 0 Å². The molecule has 1 N–H and O–H groups in total. The predicted molar refractivity (Wildman–Crippen MR) is 37.7 cm³/mol. The predicted octanol–water partition coefficient (Wildman–Crippen LogP) is -2.14. The first kappa shape index (κ1) is 7.36. The van der Waals surface area contributed by atoms with Crippen molar-refractivity contribution in [3.05, 3.63) is 0 Å². The van der Waals surface area contributed by atoms with Crippen LogP contribution in [0.5, 0.6) is 0 Å².